The van der Waals surface area contributed by atoms with Gasteiger partial charge in [-0.2, -0.15) is 0 Å². The monoisotopic (exact) mass is 277 g/mol. The molecule has 0 unspecified atom stereocenters. The second kappa shape index (κ2) is 7.58. The minimum Gasteiger partial charge on any atom is -0.493 e. The van der Waals surface area contributed by atoms with E-state index in [0.29, 0.717) is 11.5 Å². The van der Waals surface area contributed by atoms with Crippen LogP contribution in [0.1, 0.15) is 38.8 Å². The first-order chi connectivity index (χ1) is 9.53. The van der Waals surface area contributed by atoms with Gasteiger partial charge in [0.25, 0.3) is 0 Å². The Morgan fingerprint density at radius 1 is 1.30 bits per heavy atom. The van der Waals surface area contributed by atoms with Gasteiger partial charge >= 0.3 is 0 Å². The van der Waals surface area contributed by atoms with Crippen molar-refractivity contribution in [3.63, 3.8) is 0 Å². The topological polar surface area (TPSA) is 47.6 Å². The number of ether oxygens (including phenoxy) is 2. The van der Waals surface area contributed by atoms with E-state index in [-0.39, 0.29) is 11.9 Å². The van der Waals surface area contributed by atoms with Crippen molar-refractivity contribution in [3.8, 4) is 11.5 Å². The number of rotatable bonds is 6. The van der Waals surface area contributed by atoms with Crippen molar-refractivity contribution in [2.45, 2.75) is 33.2 Å². The summed E-state index contributed by atoms with van der Waals surface area (Å²) in [6, 6.07) is 5.54. The Kier molecular flexibility index (Phi) is 6.10. The first-order valence-electron chi connectivity index (χ1n) is 6.73. The van der Waals surface area contributed by atoms with Crippen LogP contribution in [0.5, 0.6) is 11.5 Å². The number of amides is 1. The second-order valence-electron chi connectivity index (χ2n) is 4.60. The number of carbonyl (C=O) groups is 1. The molecule has 0 aliphatic rings. The van der Waals surface area contributed by atoms with Crippen LogP contribution in [0.3, 0.4) is 0 Å². The third-order valence-electron chi connectivity index (χ3n) is 3.12. The molecule has 1 aromatic carbocycles. The molecule has 4 nitrogen and oxygen atoms in total. The van der Waals surface area contributed by atoms with Gasteiger partial charge in [0.2, 0.25) is 5.91 Å². The summed E-state index contributed by atoms with van der Waals surface area (Å²) in [5, 5.41) is 2.97. The number of nitrogens with one attached hydrogen (secondary N) is 1. The van der Waals surface area contributed by atoms with E-state index < -0.39 is 0 Å². The first kappa shape index (κ1) is 16.1. The number of methoxy groups -OCH3 is 2. The molecule has 20 heavy (non-hydrogen) atoms. The SMILES string of the molecule is CC/C=C(/C)C(=O)N[C@H](C)c1ccc(OC)c(OC)c1. The van der Waals surface area contributed by atoms with E-state index in [9.17, 15) is 4.79 Å². The third kappa shape index (κ3) is 4.02. The summed E-state index contributed by atoms with van der Waals surface area (Å²) in [5.41, 5.74) is 1.71. The summed E-state index contributed by atoms with van der Waals surface area (Å²) >= 11 is 0. The van der Waals surface area contributed by atoms with Gasteiger partial charge in [-0.15, -0.1) is 0 Å². The summed E-state index contributed by atoms with van der Waals surface area (Å²) in [6.45, 7) is 5.77. The molecule has 1 atom stereocenters. The summed E-state index contributed by atoms with van der Waals surface area (Å²) in [6.07, 6.45) is 2.76. The van der Waals surface area contributed by atoms with Crippen molar-refractivity contribution in [2.24, 2.45) is 0 Å². The molecular formula is C16H23NO3. The van der Waals surface area contributed by atoms with Crippen LogP contribution in [-0.4, -0.2) is 20.1 Å². The van der Waals surface area contributed by atoms with Gasteiger partial charge < -0.3 is 14.8 Å². The maximum absolute atomic E-state index is 12.0. The van der Waals surface area contributed by atoms with Gasteiger partial charge in [0.15, 0.2) is 11.5 Å². The van der Waals surface area contributed by atoms with Crippen molar-refractivity contribution < 1.29 is 14.3 Å². The van der Waals surface area contributed by atoms with E-state index in [0.717, 1.165) is 17.6 Å². The average Bonchev–Trinajstić information content (AvgIpc) is 2.46. The van der Waals surface area contributed by atoms with Crippen LogP contribution in [0.2, 0.25) is 0 Å². The van der Waals surface area contributed by atoms with Crippen LogP contribution >= 0.6 is 0 Å². The van der Waals surface area contributed by atoms with Crippen molar-refractivity contribution in [1.82, 2.24) is 5.32 Å². The van der Waals surface area contributed by atoms with Crippen molar-refractivity contribution in [1.29, 1.82) is 0 Å². The van der Waals surface area contributed by atoms with Crippen LogP contribution < -0.4 is 14.8 Å². The number of hydrogen-bond acceptors (Lipinski definition) is 3. The number of benzene rings is 1. The van der Waals surface area contributed by atoms with Gasteiger partial charge in [0.1, 0.15) is 0 Å². The summed E-state index contributed by atoms with van der Waals surface area (Å²) in [4.78, 5) is 12.0. The molecule has 0 aliphatic heterocycles. The lowest BCUT2D eigenvalue weighted by Gasteiger charge is -2.16. The lowest BCUT2D eigenvalue weighted by atomic mass is 10.1. The predicted molar refractivity (Wildman–Crippen MR) is 80.2 cm³/mol. The van der Waals surface area contributed by atoms with E-state index in [2.05, 4.69) is 5.32 Å². The van der Waals surface area contributed by atoms with Gasteiger partial charge in [-0.05, 0) is 38.0 Å². The smallest absolute Gasteiger partial charge is 0.247 e. The molecule has 1 N–H and O–H groups in total. The highest BCUT2D eigenvalue weighted by molar-refractivity contribution is 5.93. The molecule has 0 aromatic heterocycles. The van der Waals surface area contributed by atoms with E-state index >= 15 is 0 Å². The van der Waals surface area contributed by atoms with Crippen molar-refractivity contribution >= 4 is 5.91 Å². The van der Waals surface area contributed by atoms with Crippen LogP contribution in [0.15, 0.2) is 29.8 Å². The molecule has 0 fully saturated rings. The van der Waals surface area contributed by atoms with E-state index in [4.69, 9.17) is 9.47 Å². The van der Waals surface area contributed by atoms with Crippen LogP contribution in [0.4, 0.5) is 0 Å². The highest BCUT2D eigenvalue weighted by Gasteiger charge is 2.13. The molecule has 0 aliphatic carbocycles. The molecule has 0 heterocycles. The Hall–Kier alpha value is -1.97. The van der Waals surface area contributed by atoms with Crippen LogP contribution in [-0.2, 0) is 4.79 Å². The van der Waals surface area contributed by atoms with Crippen LogP contribution in [0, 0.1) is 0 Å². The fourth-order valence-electron chi connectivity index (χ4n) is 1.91. The van der Waals surface area contributed by atoms with Crippen molar-refractivity contribution in [2.75, 3.05) is 14.2 Å². The minimum absolute atomic E-state index is 0.0471. The molecule has 1 amide bonds. The number of carbonyl (C=O) groups excluding carboxylic acids is 1. The molecule has 0 radical (unpaired) electrons. The predicted octanol–water partition coefficient (Wildman–Crippen LogP) is 3.24. The van der Waals surface area contributed by atoms with Gasteiger partial charge in [-0.1, -0.05) is 19.1 Å². The quantitative estimate of drug-likeness (QED) is 0.812. The first-order valence-corrected chi connectivity index (χ1v) is 6.73. The summed E-state index contributed by atoms with van der Waals surface area (Å²) in [7, 11) is 3.20. The van der Waals surface area contributed by atoms with Crippen molar-refractivity contribution in [3.05, 3.63) is 35.4 Å². The van der Waals surface area contributed by atoms with Gasteiger partial charge in [-0.3, -0.25) is 4.79 Å². The van der Waals surface area contributed by atoms with Gasteiger partial charge in [0, 0.05) is 5.57 Å². The molecule has 1 aromatic rings. The maximum Gasteiger partial charge on any atom is 0.247 e. The second-order valence-corrected chi connectivity index (χ2v) is 4.60. The lowest BCUT2D eigenvalue weighted by molar-refractivity contribution is -0.118. The highest BCUT2D eigenvalue weighted by atomic mass is 16.5. The molecule has 4 heteroatoms. The fourth-order valence-corrected chi connectivity index (χ4v) is 1.91. The molecule has 1 rings (SSSR count). The Morgan fingerprint density at radius 3 is 2.50 bits per heavy atom. The Morgan fingerprint density at radius 2 is 1.95 bits per heavy atom. The number of hydrogen-bond donors (Lipinski definition) is 1. The molecular weight excluding hydrogens is 254 g/mol. The number of allylic oxidation sites excluding steroid dienone is 1. The zero-order chi connectivity index (χ0) is 15.1. The minimum atomic E-state index is -0.0949. The van der Waals surface area contributed by atoms with Crippen LogP contribution in [0.25, 0.3) is 0 Å². The molecule has 110 valence electrons. The Balaban J connectivity index is 2.85. The summed E-state index contributed by atoms with van der Waals surface area (Å²) in [5.74, 6) is 1.29. The van der Waals surface area contributed by atoms with Gasteiger partial charge in [-0.25, -0.2) is 0 Å². The molecule has 0 spiro atoms. The normalized spacial score (nSPS) is 12.8. The fraction of sp³-hybridized carbons (Fsp3) is 0.438. The maximum atomic E-state index is 12.0. The third-order valence-corrected chi connectivity index (χ3v) is 3.12. The van der Waals surface area contributed by atoms with Gasteiger partial charge in [0.05, 0.1) is 20.3 Å². The van der Waals surface area contributed by atoms with E-state index in [1.54, 1.807) is 14.2 Å². The summed E-state index contributed by atoms with van der Waals surface area (Å²) < 4.78 is 10.5. The van der Waals surface area contributed by atoms with E-state index in [1.807, 2.05) is 45.0 Å². The Bertz CT molecular complexity index is 494. The largest absolute Gasteiger partial charge is 0.493 e. The molecule has 0 bridgehead atoms. The lowest BCUT2D eigenvalue weighted by Crippen LogP contribution is -2.27. The zero-order valence-electron chi connectivity index (χ0n) is 12.8. The van der Waals surface area contributed by atoms with E-state index in [1.165, 1.54) is 0 Å². The standard InChI is InChI=1S/C16H23NO3/c1-6-7-11(2)16(18)17-12(3)13-8-9-14(19-4)15(10-13)20-5/h7-10,12H,6H2,1-5H3,(H,17,18)/b11-7-/t12-/m1/s1. The highest BCUT2D eigenvalue weighted by Crippen LogP contribution is 2.29. The zero-order valence-corrected chi connectivity index (χ0v) is 12.8. The average molecular weight is 277 g/mol. The Labute approximate surface area is 120 Å². The molecule has 0 saturated heterocycles. The molecule has 0 saturated carbocycles.